The average molecular weight is 500 g/mol. The van der Waals surface area contributed by atoms with Gasteiger partial charge >= 0.3 is 5.97 Å². The van der Waals surface area contributed by atoms with Crippen LogP contribution in [0.15, 0.2) is 77.8 Å². The third-order valence-electron chi connectivity index (χ3n) is 5.29. The molecule has 1 atom stereocenters. The Hall–Kier alpha value is -3.35. The van der Waals surface area contributed by atoms with Gasteiger partial charge in [-0.25, -0.2) is 13.2 Å². The first kappa shape index (κ1) is 22.8. The van der Waals surface area contributed by atoms with Crippen LogP contribution in [0.4, 0.5) is 0 Å². The van der Waals surface area contributed by atoms with Gasteiger partial charge in [0.15, 0.2) is 0 Å². The third kappa shape index (κ3) is 3.65. The van der Waals surface area contributed by atoms with Crippen LogP contribution in [0.2, 0.25) is 10.0 Å². The summed E-state index contributed by atoms with van der Waals surface area (Å²) in [4.78, 5) is 9.03. The molecule has 0 aliphatic carbocycles. The maximum absolute atomic E-state index is 13.4. The van der Waals surface area contributed by atoms with Gasteiger partial charge in [-0.05, 0) is 54.1 Å². The van der Waals surface area contributed by atoms with Crippen molar-refractivity contribution < 1.29 is 18.3 Å². The molecule has 4 aromatic rings. The minimum absolute atomic E-state index is 0.0255. The van der Waals surface area contributed by atoms with Crippen molar-refractivity contribution in [2.75, 3.05) is 0 Å². The molecule has 0 saturated carbocycles. The fraction of sp³-hybridized carbons (Fsp3) is 0.0435. The molecule has 7 nitrogen and oxygen atoms in total. The summed E-state index contributed by atoms with van der Waals surface area (Å²) in [5.41, 5.74) is 7.66. The zero-order chi connectivity index (χ0) is 24.0. The highest BCUT2D eigenvalue weighted by atomic mass is 35.5. The number of nitrogens with two attached hydrogens (primary N) is 1. The number of fused-ring (bicyclic) bond motifs is 1. The van der Waals surface area contributed by atoms with Crippen molar-refractivity contribution in [3.05, 3.63) is 94.1 Å². The fourth-order valence-corrected chi connectivity index (χ4v) is 5.88. The number of para-hydroxylation sites is 1. The van der Waals surface area contributed by atoms with Crippen LogP contribution in [0.3, 0.4) is 0 Å². The van der Waals surface area contributed by atoms with E-state index in [9.17, 15) is 23.6 Å². The van der Waals surface area contributed by atoms with E-state index in [2.05, 4.69) is 6.07 Å². The summed E-state index contributed by atoms with van der Waals surface area (Å²) >= 11 is 11.9. The molecule has 0 radical (unpaired) electrons. The molecule has 3 aromatic carbocycles. The number of carboxylic acid groups (broad SMARTS) is 1. The summed E-state index contributed by atoms with van der Waals surface area (Å²) in [6, 6.07) is 18.6. The van der Waals surface area contributed by atoms with Gasteiger partial charge in [0.25, 0.3) is 0 Å². The predicted octanol–water partition coefficient (Wildman–Crippen LogP) is 4.48. The summed E-state index contributed by atoms with van der Waals surface area (Å²) < 4.78 is 28.5. The number of nitrogens with zero attached hydrogens (tertiary/aromatic N) is 2. The van der Waals surface area contributed by atoms with Crippen molar-refractivity contribution in [2.45, 2.75) is 9.77 Å². The van der Waals surface area contributed by atoms with Crippen molar-refractivity contribution in [1.29, 1.82) is 5.26 Å². The maximum atomic E-state index is 13.4. The number of carboxylic acids is 1. The first-order valence-corrected chi connectivity index (χ1v) is 11.7. The Bertz CT molecular complexity index is 1550. The lowest BCUT2D eigenvalue weighted by molar-refractivity contribution is -0.140. The van der Waals surface area contributed by atoms with Crippen molar-refractivity contribution in [3.8, 4) is 11.8 Å². The number of carbonyl (C=O) groups is 1. The Labute approximate surface area is 199 Å². The molecular weight excluding hydrogens is 485 g/mol. The highest BCUT2D eigenvalue weighted by Crippen LogP contribution is 2.36. The van der Waals surface area contributed by atoms with E-state index in [0.717, 1.165) is 12.1 Å². The van der Waals surface area contributed by atoms with Crippen LogP contribution in [0.25, 0.3) is 16.6 Å². The monoisotopic (exact) mass is 499 g/mol. The molecule has 0 aliphatic rings. The van der Waals surface area contributed by atoms with Gasteiger partial charge in [-0.15, -0.1) is 0 Å². The van der Waals surface area contributed by atoms with Gasteiger partial charge in [-0.3, -0.25) is 5.73 Å². The molecule has 0 bridgehead atoms. The van der Waals surface area contributed by atoms with E-state index in [-0.39, 0.29) is 15.6 Å². The quantitative estimate of drug-likeness (QED) is 0.416. The number of halogens is 2. The van der Waals surface area contributed by atoms with Crippen molar-refractivity contribution in [1.82, 2.24) is 4.57 Å². The van der Waals surface area contributed by atoms with Crippen LogP contribution in [0.1, 0.15) is 11.1 Å². The number of sulfone groups is 1. The zero-order valence-electron chi connectivity index (χ0n) is 16.7. The minimum Gasteiger partial charge on any atom is -0.479 e. The second-order valence-electron chi connectivity index (χ2n) is 7.24. The van der Waals surface area contributed by atoms with Crippen LogP contribution in [-0.4, -0.2) is 24.1 Å². The number of benzene rings is 3. The molecule has 1 aromatic heterocycles. The van der Waals surface area contributed by atoms with Crippen molar-refractivity contribution in [3.63, 3.8) is 0 Å². The van der Waals surface area contributed by atoms with Crippen molar-refractivity contribution in [2.24, 2.45) is 5.73 Å². The zero-order valence-corrected chi connectivity index (χ0v) is 19.1. The van der Waals surface area contributed by atoms with Crippen molar-refractivity contribution >= 4 is 49.9 Å². The van der Waals surface area contributed by atoms with E-state index in [1.165, 1.54) is 18.2 Å². The lowest BCUT2D eigenvalue weighted by Gasteiger charge is -2.25. The SMILES string of the molecule is N#Cc1ccccc1-n1ccc2cc(C(N)(C(=O)O)S(=O)(=O)c3cc(Cl)cc(Cl)c3)ccc21. The molecule has 3 N–H and O–H groups in total. The lowest BCUT2D eigenvalue weighted by Crippen LogP contribution is -2.51. The highest BCUT2D eigenvalue weighted by Gasteiger charge is 2.50. The number of hydrogen-bond donors (Lipinski definition) is 2. The van der Waals surface area contributed by atoms with Crippen LogP contribution in [-0.2, 0) is 19.5 Å². The van der Waals surface area contributed by atoms with Gasteiger partial charge in [-0.1, -0.05) is 41.4 Å². The second kappa shape index (κ2) is 8.21. The van der Waals surface area contributed by atoms with E-state index < -0.39 is 25.6 Å². The molecular formula is C23H15Cl2N3O4S. The summed E-state index contributed by atoms with van der Waals surface area (Å²) in [6.07, 6.45) is 1.70. The first-order chi connectivity index (χ1) is 15.6. The topological polar surface area (TPSA) is 126 Å². The number of rotatable bonds is 5. The summed E-state index contributed by atoms with van der Waals surface area (Å²) in [5.74, 6) is -1.76. The van der Waals surface area contributed by atoms with E-state index in [1.807, 2.05) is 0 Å². The molecule has 0 fully saturated rings. The molecule has 1 heterocycles. The Morgan fingerprint density at radius 1 is 1.03 bits per heavy atom. The molecule has 4 rings (SSSR count). The highest BCUT2D eigenvalue weighted by molar-refractivity contribution is 7.93. The largest absolute Gasteiger partial charge is 0.479 e. The van der Waals surface area contributed by atoms with Crippen LogP contribution in [0.5, 0.6) is 0 Å². The van der Waals surface area contributed by atoms with Gasteiger partial charge in [0.1, 0.15) is 6.07 Å². The second-order valence-corrected chi connectivity index (χ2v) is 10.2. The Kier molecular flexibility index (Phi) is 5.68. The summed E-state index contributed by atoms with van der Waals surface area (Å²) in [5, 5.41) is 19.9. The van der Waals surface area contributed by atoms with Crippen LogP contribution >= 0.6 is 23.2 Å². The molecule has 33 heavy (non-hydrogen) atoms. The van der Waals surface area contributed by atoms with Crippen LogP contribution in [0, 0.1) is 11.3 Å². The number of aliphatic carboxylic acids is 1. The predicted molar refractivity (Wildman–Crippen MR) is 125 cm³/mol. The molecule has 10 heteroatoms. The number of hydrogen-bond acceptors (Lipinski definition) is 5. The maximum Gasteiger partial charge on any atom is 0.344 e. The number of nitriles is 1. The third-order valence-corrected chi connectivity index (χ3v) is 7.84. The van der Waals surface area contributed by atoms with Gasteiger partial charge in [-0.2, -0.15) is 5.26 Å². The summed E-state index contributed by atoms with van der Waals surface area (Å²) in [6.45, 7) is 0. The molecule has 166 valence electrons. The number of aromatic nitrogens is 1. The molecule has 0 amide bonds. The molecule has 1 unspecified atom stereocenters. The van der Waals surface area contributed by atoms with E-state index >= 15 is 0 Å². The molecule has 0 saturated heterocycles. The Morgan fingerprint density at radius 3 is 2.33 bits per heavy atom. The standard InChI is InChI=1S/C23H15Cl2N3O4S/c24-17-10-18(25)12-19(11-17)33(31,32)23(27,22(29)30)16-5-6-21-14(9-16)7-8-28(21)20-4-2-1-3-15(20)13-26/h1-12H,27H2,(H,29,30). The first-order valence-electron chi connectivity index (χ1n) is 9.43. The van der Waals surface area contributed by atoms with Gasteiger partial charge in [0.05, 0.1) is 21.7 Å². The lowest BCUT2D eigenvalue weighted by atomic mass is 10.0. The molecule has 0 spiro atoms. The minimum atomic E-state index is -4.66. The van der Waals surface area contributed by atoms with Gasteiger partial charge in [0.2, 0.25) is 14.7 Å². The fourth-order valence-electron chi connectivity index (χ4n) is 3.63. The van der Waals surface area contributed by atoms with E-state index in [0.29, 0.717) is 22.2 Å². The molecule has 0 aliphatic heterocycles. The normalized spacial score (nSPS) is 13.4. The smallest absolute Gasteiger partial charge is 0.344 e. The average Bonchev–Trinajstić information content (AvgIpc) is 3.20. The van der Waals surface area contributed by atoms with E-state index in [1.54, 1.807) is 47.2 Å². The Balaban J connectivity index is 1.90. The van der Waals surface area contributed by atoms with E-state index in [4.69, 9.17) is 28.9 Å². The van der Waals surface area contributed by atoms with Gasteiger partial charge < -0.3 is 9.67 Å². The van der Waals surface area contributed by atoms with Gasteiger partial charge in [0, 0.05) is 21.6 Å². The Morgan fingerprint density at radius 2 is 1.70 bits per heavy atom. The van der Waals surface area contributed by atoms with Crippen LogP contribution < -0.4 is 5.73 Å². The summed E-state index contributed by atoms with van der Waals surface area (Å²) in [7, 11) is -4.66.